The topological polar surface area (TPSA) is 68.0 Å². The summed E-state index contributed by atoms with van der Waals surface area (Å²) in [5, 5.41) is 6.27. The number of nitrogens with zero attached hydrogens (tertiary/aromatic N) is 2. The van der Waals surface area contributed by atoms with Crippen molar-refractivity contribution < 1.29 is 9.32 Å². The monoisotopic (exact) mass is 223 g/mol. The maximum atomic E-state index is 11.6. The number of halogens is 1. The van der Waals surface area contributed by atoms with Crippen molar-refractivity contribution in [1.82, 2.24) is 10.1 Å². The van der Waals surface area contributed by atoms with E-state index in [1.54, 1.807) is 18.2 Å². The Morgan fingerprint density at radius 2 is 2.33 bits per heavy atom. The van der Waals surface area contributed by atoms with Gasteiger partial charge < -0.3 is 9.84 Å². The molecule has 0 saturated carbocycles. The van der Waals surface area contributed by atoms with Crippen molar-refractivity contribution in [3.05, 3.63) is 41.5 Å². The highest BCUT2D eigenvalue weighted by molar-refractivity contribution is 6.29. The first-order valence-electron chi connectivity index (χ1n) is 4.09. The van der Waals surface area contributed by atoms with E-state index < -0.39 is 0 Å². The molecule has 0 unspecified atom stereocenters. The van der Waals surface area contributed by atoms with Gasteiger partial charge in [-0.05, 0) is 12.1 Å². The number of carbonyl (C=O) groups is 1. The fourth-order valence-corrected chi connectivity index (χ4v) is 1.16. The third kappa shape index (κ3) is 2.32. The Morgan fingerprint density at radius 3 is 3.00 bits per heavy atom. The lowest BCUT2D eigenvalue weighted by Gasteiger charge is -2.00. The predicted octanol–water partition coefficient (Wildman–Crippen LogP) is 1.98. The Morgan fingerprint density at radius 1 is 1.47 bits per heavy atom. The summed E-state index contributed by atoms with van der Waals surface area (Å²) < 4.78 is 4.56. The summed E-state index contributed by atoms with van der Waals surface area (Å²) in [7, 11) is 0. The molecule has 0 bridgehead atoms. The van der Waals surface area contributed by atoms with E-state index in [0.717, 1.165) is 0 Å². The highest BCUT2D eigenvalue weighted by Gasteiger charge is 2.08. The van der Waals surface area contributed by atoms with Crippen LogP contribution >= 0.6 is 11.6 Å². The smallest absolute Gasteiger partial charge is 0.274 e. The van der Waals surface area contributed by atoms with E-state index in [2.05, 4.69) is 20.0 Å². The average molecular weight is 224 g/mol. The molecular weight excluding hydrogens is 218 g/mol. The van der Waals surface area contributed by atoms with Gasteiger partial charge in [-0.25, -0.2) is 4.98 Å². The molecule has 0 aliphatic rings. The van der Waals surface area contributed by atoms with Crippen LogP contribution < -0.4 is 5.32 Å². The summed E-state index contributed by atoms with van der Waals surface area (Å²) >= 11 is 5.65. The number of hydrogen-bond acceptors (Lipinski definition) is 4. The zero-order valence-electron chi connectivity index (χ0n) is 7.48. The lowest BCUT2D eigenvalue weighted by Crippen LogP contribution is -2.12. The molecule has 0 aliphatic carbocycles. The van der Waals surface area contributed by atoms with Gasteiger partial charge in [0, 0.05) is 0 Å². The van der Waals surface area contributed by atoms with Crippen LogP contribution in [0.4, 0.5) is 5.69 Å². The molecule has 2 rings (SSSR count). The minimum Gasteiger partial charge on any atom is -0.363 e. The predicted molar refractivity (Wildman–Crippen MR) is 53.7 cm³/mol. The lowest BCUT2D eigenvalue weighted by atomic mass is 10.3. The van der Waals surface area contributed by atoms with Crippen molar-refractivity contribution in [3.63, 3.8) is 0 Å². The maximum absolute atomic E-state index is 11.6. The van der Waals surface area contributed by atoms with E-state index in [4.69, 9.17) is 11.6 Å². The van der Waals surface area contributed by atoms with E-state index in [-0.39, 0.29) is 16.8 Å². The standard InChI is InChI=1S/C9H6ClN3O2/c10-8-3-1-2-7(13-8)9(14)12-6-4-11-15-5-6/h1-5H,(H,12,14). The van der Waals surface area contributed by atoms with Crippen LogP contribution in [0.1, 0.15) is 10.5 Å². The number of nitrogens with one attached hydrogen (secondary N) is 1. The van der Waals surface area contributed by atoms with E-state index >= 15 is 0 Å². The molecule has 0 atom stereocenters. The van der Waals surface area contributed by atoms with Crippen molar-refractivity contribution in [2.75, 3.05) is 5.32 Å². The molecule has 15 heavy (non-hydrogen) atoms. The van der Waals surface area contributed by atoms with Crippen LogP contribution in [0.15, 0.2) is 35.2 Å². The number of rotatable bonds is 2. The number of carbonyl (C=O) groups excluding carboxylic acids is 1. The Bertz CT molecular complexity index is 470. The van der Waals surface area contributed by atoms with Crippen LogP contribution in [0.2, 0.25) is 5.15 Å². The van der Waals surface area contributed by atoms with Gasteiger partial charge in [-0.2, -0.15) is 0 Å². The van der Waals surface area contributed by atoms with Crippen LogP contribution in [0.5, 0.6) is 0 Å². The molecule has 0 aromatic carbocycles. The van der Waals surface area contributed by atoms with Crippen molar-refractivity contribution >= 4 is 23.2 Å². The average Bonchev–Trinajstić information content (AvgIpc) is 2.70. The van der Waals surface area contributed by atoms with E-state index in [1.165, 1.54) is 12.5 Å². The van der Waals surface area contributed by atoms with Crippen molar-refractivity contribution in [2.24, 2.45) is 0 Å². The maximum Gasteiger partial charge on any atom is 0.274 e. The van der Waals surface area contributed by atoms with Crippen LogP contribution in [0.3, 0.4) is 0 Å². The second-order valence-corrected chi connectivity index (χ2v) is 3.10. The first-order valence-corrected chi connectivity index (χ1v) is 4.47. The summed E-state index contributed by atoms with van der Waals surface area (Å²) in [5.74, 6) is -0.360. The van der Waals surface area contributed by atoms with Crippen molar-refractivity contribution in [1.29, 1.82) is 0 Å². The summed E-state index contributed by atoms with van der Waals surface area (Å²) in [5.41, 5.74) is 0.713. The molecule has 5 nitrogen and oxygen atoms in total. The SMILES string of the molecule is O=C(Nc1cnoc1)c1cccc(Cl)n1. The number of aromatic nitrogens is 2. The van der Waals surface area contributed by atoms with Crippen molar-refractivity contribution in [3.8, 4) is 0 Å². The fourth-order valence-electron chi connectivity index (χ4n) is 0.996. The van der Waals surface area contributed by atoms with Gasteiger partial charge in [0.1, 0.15) is 22.8 Å². The van der Waals surface area contributed by atoms with Gasteiger partial charge in [0.05, 0.1) is 6.20 Å². The first kappa shape index (κ1) is 9.67. The molecular formula is C9H6ClN3O2. The summed E-state index contributed by atoms with van der Waals surface area (Å²) in [6, 6.07) is 4.81. The molecule has 0 aliphatic heterocycles. The quantitative estimate of drug-likeness (QED) is 0.791. The van der Waals surface area contributed by atoms with E-state index in [0.29, 0.717) is 5.69 Å². The second-order valence-electron chi connectivity index (χ2n) is 2.71. The summed E-state index contributed by atoms with van der Waals surface area (Å²) in [4.78, 5) is 15.4. The highest BCUT2D eigenvalue weighted by atomic mass is 35.5. The Balaban J connectivity index is 2.15. The second kappa shape index (κ2) is 4.10. The van der Waals surface area contributed by atoms with Gasteiger partial charge in [-0.15, -0.1) is 0 Å². The normalized spacial score (nSPS) is 9.93. The van der Waals surface area contributed by atoms with Gasteiger partial charge in [0.25, 0.3) is 5.91 Å². The van der Waals surface area contributed by atoms with E-state index in [1.807, 2.05) is 0 Å². The van der Waals surface area contributed by atoms with Crippen LogP contribution in [-0.2, 0) is 0 Å². The molecule has 76 valence electrons. The molecule has 2 aromatic rings. The van der Waals surface area contributed by atoms with Crippen LogP contribution in [0.25, 0.3) is 0 Å². The molecule has 0 fully saturated rings. The first-order chi connectivity index (χ1) is 7.25. The molecule has 1 amide bonds. The number of pyridine rings is 1. The molecule has 0 spiro atoms. The third-order valence-corrected chi connectivity index (χ3v) is 1.85. The number of hydrogen-bond donors (Lipinski definition) is 1. The van der Waals surface area contributed by atoms with Gasteiger partial charge >= 0.3 is 0 Å². The minimum atomic E-state index is -0.360. The van der Waals surface area contributed by atoms with Crippen LogP contribution in [0, 0.1) is 0 Å². The van der Waals surface area contributed by atoms with E-state index in [9.17, 15) is 4.79 Å². The van der Waals surface area contributed by atoms with Gasteiger partial charge in [0.2, 0.25) is 0 Å². The molecule has 0 radical (unpaired) electrons. The zero-order chi connectivity index (χ0) is 10.7. The van der Waals surface area contributed by atoms with Crippen molar-refractivity contribution in [2.45, 2.75) is 0 Å². The van der Waals surface area contributed by atoms with Gasteiger partial charge in [0.15, 0.2) is 0 Å². The number of amides is 1. The largest absolute Gasteiger partial charge is 0.363 e. The number of anilines is 1. The highest BCUT2D eigenvalue weighted by Crippen LogP contribution is 2.09. The zero-order valence-corrected chi connectivity index (χ0v) is 8.23. The molecule has 6 heteroatoms. The Hall–Kier alpha value is -1.88. The lowest BCUT2D eigenvalue weighted by molar-refractivity contribution is 0.102. The minimum absolute atomic E-state index is 0.240. The summed E-state index contributed by atoms with van der Waals surface area (Å²) in [6.07, 6.45) is 2.71. The Labute approximate surface area is 90.1 Å². The third-order valence-electron chi connectivity index (χ3n) is 1.64. The Kier molecular flexibility index (Phi) is 2.64. The molecule has 2 heterocycles. The van der Waals surface area contributed by atoms with Crippen LogP contribution in [-0.4, -0.2) is 16.0 Å². The molecule has 2 aromatic heterocycles. The summed E-state index contributed by atoms with van der Waals surface area (Å²) in [6.45, 7) is 0. The molecule has 0 saturated heterocycles. The van der Waals surface area contributed by atoms with Gasteiger partial charge in [-0.1, -0.05) is 22.8 Å². The molecule has 1 N–H and O–H groups in total. The van der Waals surface area contributed by atoms with Gasteiger partial charge in [-0.3, -0.25) is 4.79 Å². The fraction of sp³-hybridized carbons (Fsp3) is 0.